The Bertz CT molecular complexity index is 789. The van der Waals surface area contributed by atoms with Gasteiger partial charge in [0, 0.05) is 0 Å². The first kappa shape index (κ1) is 15.7. The first-order valence-corrected chi connectivity index (χ1v) is 7.41. The molecule has 0 radical (unpaired) electrons. The van der Waals surface area contributed by atoms with Gasteiger partial charge in [-0.3, -0.25) is 9.35 Å². The third kappa shape index (κ3) is 2.86. The van der Waals surface area contributed by atoms with Crippen molar-refractivity contribution in [3.05, 3.63) is 22.2 Å². The summed E-state index contributed by atoms with van der Waals surface area (Å²) in [5, 5.41) is 12.1. The van der Waals surface area contributed by atoms with Crippen molar-refractivity contribution in [2.24, 2.45) is 5.10 Å². The monoisotopic (exact) mass is 352 g/mol. The van der Waals surface area contributed by atoms with E-state index in [1.807, 2.05) is 0 Å². The van der Waals surface area contributed by atoms with E-state index in [1.165, 1.54) is 6.07 Å². The van der Waals surface area contributed by atoms with Crippen LogP contribution in [0.25, 0.3) is 0 Å². The minimum Gasteiger partial charge on any atom is -0.477 e. The van der Waals surface area contributed by atoms with E-state index in [0.29, 0.717) is 5.01 Å². The first-order chi connectivity index (χ1) is 9.62. The Balaban J connectivity index is 2.62. The molecule has 1 aliphatic heterocycles. The number of anilines is 1. The van der Waals surface area contributed by atoms with Gasteiger partial charge in [-0.15, -0.1) is 0 Å². The van der Waals surface area contributed by atoms with Crippen LogP contribution in [0.5, 0.6) is 0 Å². The van der Waals surface area contributed by atoms with Crippen molar-refractivity contribution in [1.82, 2.24) is 0 Å². The van der Waals surface area contributed by atoms with Crippen LogP contribution in [-0.4, -0.2) is 35.7 Å². The lowest BCUT2D eigenvalue weighted by Gasteiger charge is -2.15. The number of carbonyl (C=O) groups is 2. The van der Waals surface area contributed by atoms with Crippen molar-refractivity contribution in [1.29, 1.82) is 0 Å². The van der Waals surface area contributed by atoms with Gasteiger partial charge in [0.05, 0.1) is 22.2 Å². The molecule has 21 heavy (non-hydrogen) atoms. The largest absolute Gasteiger partial charge is 0.477 e. The van der Waals surface area contributed by atoms with Gasteiger partial charge in [-0.05, 0) is 12.1 Å². The van der Waals surface area contributed by atoms with Gasteiger partial charge in [-0.25, -0.2) is 4.79 Å². The highest BCUT2D eigenvalue weighted by Crippen LogP contribution is 2.38. The van der Waals surface area contributed by atoms with Crippen molar-refractivity contribution >= 4 is 56.6 Å². The van der Waals surface area contributed by atoms with Crippen LogP contribution in [0, 0.1) is 0 Å². The molecule has 112 valence electrons. The van der Waals surface area contributed by atoms with E-state index in [1.54, 1.807) is 0 Å². The van der Waals surface area contributed by atoms with Crippen LogP contribution >= 0.6 is 23.2 Å². The lowest BCUT2D eigenvalue weighted by atomic mass is 10.2. The number of hydrogen-bond donors (Lipinski definition) is 2. The number of carbonyl (C=O) groups excluding carboxylic acids is 1. The third-order valence-corrected chi connectivity index (χ3v) is 4.40. The maximum absolute atomic E-state index is 11.7. The van der Waals surface area contributed by atoms with E-state index < -0.39 is 44.0 Å². The lowest BCUT2D eigenvalue weighted by Crippen LogP contribution is -2.20. The number of carboxylic acids is 1. The second kappa shape index (κ2) is 5.26. The van der Waals surface area contributed by atoms with Gasteiger partial charge in [-0.1, -0.05) is 23.2 Å². The molecule has 1 aromatic carbocycles. The summed E-state index contributed by atoms with van der Waals surface area (Å²) < 4.78 is 31.6. The molecule has 0 aliphatic carbocycles. The molecule has 1 aliphatic rings. The third-order valence-electron chi connectivity index (χ3n) is 2.54. The molecule has 11 heteroatoms. The summed E-state index contributed by atoms with van der Waals surface area (Å²) >= 11 is 11.5. The van der Waals surface area contributed by atoms with E-state index >= 15 is 0 Å². The number of hydrogen-bond acceptors (Lipinski definition) is 5. The molecule has 0 spiro atoms. The number of nitrogens with zero attached hydrogens (tertiary/aromatic N) is 2. The summed E-state index contributed by atoms with van der Waals surface area (Å²) in [6, 6.07) is 2.28. The molecule has 1 amide bonds. The van der Waals surface area contributed by atoms with Gasteiger partial charge >= 0.3 is 5.97 Å². The Labute approximate surface area is 128 Å². The fourth-order valence-electron chi connectivity index (χ4n) is 1.66. The highest BCUT2D eigenvalue weighted by atomic mass is 35.5. The molecule has 1 heterocycles. The average molecular weight is 353 g/mol. The van der Waals surface area contributed by atoms with Crippen molar-refractivity contribution in [2.45, 2.75) is 11.3 Å². The number of rotatable bonds is 3. The summed E-state index contributed by atoms with van der Waals surface area (Å²) in [5.41, 5.74) is -0.616. The minimum absolute atomic E-state index is 0.199. The van der Waals surface area contributed by atoms with Gasteiger partial charge in [0.15, 0.2) is 5.71 Å². The predicted molar refractivity (Wildman–Crippen MR) is 73.5 cm³/mol. The topological polar surface area (TPSA) is 124 Å². The van der Waals surface area contributed by atoms with E-state index in [4.69, 9.17) is 32.9 Å². The molecule has 0 unspecified atom stereocenters. The zero-order chi connectivity index (χ0) is 15.9. The first-order valence-electron chi connectivity index (χ1n) is 5.22. The van der Waals surface area contributed by atoms with Crippen molar-refractivity contribution in [3.8, 4) is 0 Å². The standard InChI is InChI=1S/C10H6Cl2N2O6S/c11-4-1-2-6(8(12)9(4)21(18,19)20)14-7(15)3-5(13-14)10(16)17/h1-2H,3H2,(H,16,17)(H,18,19,20). The maximum Gasteiger partial charge on any atom is 0.352 e. The summed E-state index contributed by atoms with van der Waals surface area (Å²) in [5.74, 6) is -2.09. The molecule has 2 N–H and O–H groups in total. The fourth-order valence-corrected chi connectivity index (χ4v) is 3.34. The number of carboxylic acid groups (broad SMARTS) is 1. The van der Waals surface area contributed by atoms with Crippen LogP contribution in [0.15, 0.2) is 22.1 Å². The molecule has 8 nitrogen and oxygen atoms in total. The highest BCUT2D eigenvalue weighted by Gasteiger charge is 2.32. The van der Waals surface area contributed by atoms with Gasteiger partial charge in [0.25, 0.3) is 16.0 Å². The smallest absolute Gasteiger partial charge is 0.352 e. The number of hydrazone groups is 1. The SMILES string of the molecule is O=C(O)C1=NN(c2ccc(Cl)c(S(=O)(=O)O)c2Cl)C(=O)C1. The molecular formula is C10H6Cl2N2O6S. The summed E-state index contributed by atoms with van der Waals surface area (Å²) in [6.45, 7) is 0. The van der Waals surface area contributed by atoms with E-state index in [0.717, 1.165) is 6.07 Å². The van der Waals surface area contributed by atoms with Crippen LogP contribution in [-0.2, 0) is 19.7 Å². The zero-order valence-electron chi connectivity index (χ0n) is 9.95. The molecule has 0 atom stereocenters. The van der Waals surface area contributed by atoms with Gasteiger partial charge in [0.1, 0.15) is 4.90 Å². The molecule has 0 fully saturated rings. The number of amides is 1. The van der Waals surface area contributed by atoms with E-state index in [9.17, 15) is 18.0 Å². The Morgan fingerprint density at radius 2 is 1.95 bits per heavy atom. The van der Waals surface area contributed by atoms with Crippen molar-refractivity contribution in [2.75, 3.05) is 5.01 Å². The van der Waals surface area contributed by atoms with Crippen LogP contribution < -0.4 is 5.01 Å². The van der Waals surface area contributed by atoms with Crippen LogP contribution in [0.1, 0.15) is 6.42 Å². The number of aliphatic carboxylic acids is 1. The summed E-state index contributed by atoms with van der Waals surface area (Å²) in [4.78, 5) is 21.7. The Kier molecular flexibility index (Phi) is 3.93. The average Bonchev–Trinajstić information content (AvgIpc) is 2.70. The van der Waals surface area contributed by atoms with Gasteiger partial charge in [0.2, 0.25) is 0 Å². The second-order valence-corrected chi connectivity index (χ2v) is 6.06. The van der Waals surface area contributed by atoms with Crippen molar-refractivity contribution in [3.63, 3.8) is 0 Å². The van der Waals surface area contributed by atoms with Crippen molar-refractivity contribution < 1.29 is 27.7 Å². The number of halogens is 2. The Morgan fingerprint density at radius 1 is 1.33 bits per heavy atom. The maximum atomic E-state index is 11.7. The zero-order valence-corrected chi connectivity index (χ0v) is 12.3. The quantitative estimate of drug-likeness (QED) is 0.792. The van der Waals surface area contributed by atoms with Gasteiger partial charge in [-0.2, -0.15) is 18.5 Å². The molecule has 0 aromatic heterocycles. The minimum atomic E-state index is -4.73. The predicted octanol–water partition coefficient (Wildman–Crippen LogP) is 1.42. The fraction of sp³-hybridized carbons (Fsp3) is 0.100. The van der Waals surface area contributed by atoms with Crippen LogP contribution in [0.3, 0.4) is 0 Å². The van der Waals surface area contributed by atoms with Crippen LogP contribution in [0.2, 0.25) is 10.0 Å². The van der Waals surface area contributed by atoms with Crippen LogP contribution in [0.4, 0.5) is 5.69 Å². The normalized spacial score (nSPS) is 15.3. The Morgan fingerprint density at radius 3 is 2.43 bits per heavy atom. The Hall–Kier alpha value is -1.68. The highest BCUT2D eigenvalue weighted by molar-refractivity contribution is 7.86. The summed E-state index contributed by atoms with van der Waals surface area (Å²) in [7, 11) is -4.73. The molecular weight excluding hydrogens is 347 g/mol. The second-order valence-electron chi connectivity index (χ2n) is 3.92. The molecule has 2 rings (SSSR count). The molecule has 0 bridgehead atoms. The number of benzene rings is 1. The molecule has 0 saturated heterocycles. The lowest BCUT2D eigenvalue weighted by molar-refractivity contribution is -0.129. The summed E-state index contributed by atoms with van der Waals surface area (Å²) in [6.07, 6.45) is -0.463. The molecule has 1 aromatic rings. The van der Waals surface area contributed by atoms with E-state index in [2.05, 4.69) is 5.10 Å². The molecule has 0 saturated carbocycles. The van der Waals surface area contributed by atoms with Gasteiger partial charge < -0.3 is 5.11 Å². The van der Waals surface area contributed by atoms with E-state index in [-0.39, 0.29) is 10.7 Å².